The van der Waals surface area contributed by atoms with Gasteiger partial charge in [-0.1, -0.05) is 132 Å². The Morgan fingerprint density at radius 3 is 1.59 bits per heavy atom. The van der Waals surface area contributed by atoms with Gasteiger partial charge in [0.15, 0.2) is 0 Å². The predicted octanol–water partition coefficient (Wildman–Crippen LogP) is 7.18. The van der Waals surface area contributed by atoms with Crippen LogP contribution in [0.5, 0.6) is 0 Å². The van der Waals surface area contributed by atoms with E-state index in [-0.39, 0.29) is 27.3 Å². The summed E-state index contributed by atoms with van der Waals surface area (Å²) in [7, 11) is 31.7. The molecule has 0 aliphatic carbocycles. The van der Waals surface area contributed by atoms with Crippen molar-refractivity contribution in [2.45, 2.75) is 0 Å². The molecule has 0 saturated carbocycles. The number of fused-ring (bicyclic) bond motifs is 5. The summed E-state index contributed by atoms with van der Waals surface area (Å²) in [5, 5.41) is 7.07. The third-order valence-corrected chi connectivity index (χ3v) is 10.2. The lowest BCUT2D eigenvalue weighted by atomic mass is 9.59. The van der Waals surface area contributed by atoms with Crippen LogP contribution in [0.2, 0.25) is 5.02 Å². The summed E-state index contributed by atoms with van der Waals surface area (Å²) in [5.74, 6) is 0. The Morgan fingerprint density at radius 1 is 0.392 bits per heavy atom. The molecule has 0 aliphatic heterocycles. The van der Waals surface area contributed by atoms with Crippen LogP contribution < -0.4 is 27.3 Å². The minimum absolute atomic E-state index is 0.172. The van der Waals surface area contributed by atoms with Crippen molar-refractivity contribution in [1.82, 2.24) is 0 Å². The van der Waals surface area contributed by atoms with Gasteiger partial charge in [-0.3, -0.25) is 0 Å². The molecule has 0 spiro atoms. The SMILES string of the molecule is [B]c1c([B])c([B])c(-c2cccc3c2oc2cccc(-c4ccc5c(-c6ccccc6)c6cc(Cl)ccc6c(-c6ccccc6)c5c4)c23)c([B])c1[B]. The first-order valence-corrected chi connectivity index (χ1v) is 17.0. The summed E-state index contributed by atoms with van der Waals surface area (Å²) in [6, 6.07) is 46.0. The molecule has 10 radical (unpaired) electrons. The molecule has 1 nitrogen and oxygen atoms in total. The third kappa shape index (κ3) is 4.92. The van der Waals surface area contributed by atoms with Crippen molar-refractivity contribution in [2.75, 3.05) is 0 Å². The molecule has 0 amide bonds. The van der Waals surface area contributed by atoms with E-state index in [1.807, 2.05) is 48.5 Å². The van der Waals surface area contributed by atoms with Gasteiger partial charge in [0.1, 0.15) is 50.4 Å². The second-order valence-corrected chi connectivity index (χ2v) is 13.3. The van der Waals surface area contributed by atoms with Crippen molar-refractivity contribution in [3.8, 4) is 44.5 Å². The van der Waals surface area contributed by atoms with Crippen LogP contribution in [-0.4, -0.2) is 39.2 Å². The largest absolute Gasteiger partial charge is 0.455 e. The van der Waals surface area contributed by atoms with Crippen LogP contribution in [0.25, 0.3) is 88.0 Å². The second-order valence-electron chi connectivity index (χ2n) is 12.8. The first-order valence-electron chi connectivity index (χ1n) is 16.6. The van der Waals surface area contributed by atoms with Gasteiger partial charge in [-0.25, -0.2) is 0 Å². The average molecular weight is 656 g/mol. The molecule has 7 heteroatoms. The maximum atomic E-state index is 6.67. The molecule has 0 bridgehead atoms. The van der Waals surface area contributed by atoms with Crippen molar-refractivity contribution in [1.29, 1.82) is 0 Å². The zero-order valence-electron chi connectivity index (χ0n) is 27.4. The molecular formula is C44H22B5ClO. The molecule has 0 unspecified atom stereocenters. The summed E-state index contributed by atoms with van der Waals surface area (Å²) in [4.78, 5) is 0. The first-order chi connectivity index (χ1) is 24.8. The van der Waals surface area contributed by atoms with E-state index in [2.05, 4.69) is 84.9 Å². The number of halogens is 1. The number of rotatable bonds is 4. The van der Waals surface area contributed by atoms with Crippen molar-refractivity contribution in [3.63, 3.8) is 0 Å². The highest BCUT2D eigenvalue weighted by Crippen LogP contribution is 2.47. The molecule has 9 aromatic rings. The van der Waals surface area contributed by atoms with Gasteiger partial charge < -0.3 is 4.42 Å². The average Bonchev–Trinajstić information content (AvgIpc) is 3.56. The highest BCUT2D eigenvalue weighted by Gasteiger charge is 2.21. The molecule has 8 aromatic carbocycles. The van der Waals surface area contributed by atoms with E-state index >= 15 is 0 Å². The van der Waals surface area contributed by atoms with Crippen molar-refractivity contribution in [3.05, 3.63) is 138 Å². The number of furan rings is 1. The Balaban J connectivity index is 1.36. The van der Waals surface area contributed by atoms with Gasteiger partial charge in [0.25, 0.3) is 0 Å². The zero-order valence-corrected chi connectivity index (χ0v) is 28.1. The number of hydrogen-bond donors (Lipinski definition) is 0. The third-order valence-electron chi connectivity index (χ3n) is 10.0. The highest BCUT2D eigenvalue weighted by atomic mass is 35.5. The number of para-hydroxylation sites is 1. The van der Waals surface area contributed by atoms with Crippen molar-refractivity contribution >= 4 is 122 Å². The quantitative estimate of drug-likeness (QED) is 0.145. The maximum Gasteiger partial charge on any atom is 0.143 e. The topological polar surface area (TPSA) is 13.1 Å². The van der Waals surface area contributed by atoms with Gasteiger partial charge in [-0.2, -0.15) is 0 Å². The van der Waals surface area contributed by atoms with E-state index in [9.17, 15) is 0 Å². The van der Waals surface area contributed by atoms with E-state index in [1.165, 1.54) is 0 Å². The molecule has 9 rings (SSSR count). The van der Waals surface area contributed by atoms with E-state index < -0.39 is 0 Å². The fourth-order valence-electron chi connectivity index (χ4n) is 7.62. The van der Waals surface area contributed by atoms with E-state index in [4.69, 9.17) is 55.2 Å². The van der Waals surface area contributed by atoms with Gasteiger partial charge in [-0.05, 0) is 84.8 Å². The summed E-state index contributed by atoms with van der Waals surface area (Å²) in [5.41, 5.74) is 10.2. The molecule has 0 fully saturated rings. The van der Waals surface area contributed by atoms with Gasteiger partial charge in [-0.15, -0.1) is 16.4 Å². The van der Waals surface area contributed by atoms with E-state index in [1.54, 1.807) is 0 Å². The minimum Gasteiger partial charge on any atom is -0.455 e. The smallest absolute Gasteiger partial charge is 0.143 e. The molecular weight excluding hydrogens is 634 g/mol. The number of benzene rings is 8. The molecule has 0 N–H and O–H groups in total. The van der Waals surface area contributed by atoms with E-state index in [0.29, 0.717) is 21.7 Å². The van der Waals surface area contributed by atoms with Gasteiger partial charge in [0.2, 0.25) is 0 Å². The Labute approximate surface area is 307 Å². The van der Waals surface area contributed by atoms with Crippen LogP contribution in [-0.2, 0) is 0 Å². The second kappa shape index (κ2) is 12.2. The van der Waals surface area contributed by atoms with Crippen LogP contribution in [0.4, 0.5) is 0 Å². The lowest BCUT2D eigenvalue weighted by Gasteiger charge is -2.21. The standard InChI is InChI=1S/C44H22B5ClO/c45-39-38(40(46)42(48)43(49)41(39)47)31-15-7-14-30-37-27(13-8-16-34(37)51-44(30)31)25-17-19-28-32(21-25)35(23-9-3-1-4-10-23)29-20-18-26(50)22-33(29)36(28)24-11-5-2-6-12-24/h1-22H. The maximum absolute atomic E-state index is 6.67. The highest BCUT2D eigenvalue weighted by molar-refractivity contribution is 6.68. The molecule has 0 saturated heterocycles. The van der Waals surface area contributed by atoms with Crippen molar-refractivity contribution in [2.24, 2.45) is 0 Å². The van der Waals surface area contributed by atoms with E-state index in [0.717, 1.165) is 71.3 Å². The van der Waals surface area contributed by atoms with Gasteiger partial charge >= 0.3 is 0 Å². The Hall–Kier alpha value is -5.31. The summed E-state index contributed by atoms with van der Waals surface area (Å²) in [6.45, 7) is 0. The monoisotopic (exact) mass is 656 g/mol. The van der Waals surface area contributed by atoms with Crippen molar-refractivity contribution < 1.29 is 4.42 Å². The molecule has 1 aromatic heterocycles. The molecule has 51 heavy (non-hydrogen) atoms. The molecule has 1 heterocycles. The van der Waals surface area contributed by atoms with Crippen LogP contribution in [0.15, 0.2) is 138 Å². The summed E-state index contributed by atoms with van der Waals surface area (Å²) in [6.07, 6.45) is 0. The van der Waals surface area contributed by atoms with Gasteiger partial charge in [0.05, 0.1) is 0 Å². The lowest BCUT2D eigenvalue weighted by Crippen LogP contribution is -2.55. The predicted molar refractivity (Wildman–Crippen MR) is 222 cm³/mol. The number of hydrogen-bond acceptors (Lipinski definition) is 1. The van der Waals surface area contributed by atoms with Crippen LogP contribution in [0, 0.1) is 0 Å². The Bertz CT molecular complexity index is 2840. The lowest BCUT2D eigenvalue weighted by molar-refractivity contribution is 0.670. The normalized spacial score (nSPS) is 11.6. The molecule has 226 valence electrons. The summed E-state index contributed by atoms with van der Waals surface area (Å²) >= 11 is 6.67. The van der Waals surface area contributed by atoms with Crippen LogP contribution in [0.1, 0.15) is 0 Å². The van der Waals surface area contributed by atoms with Gasteiger partial charge in [0, 0.05) is 21.4 Å². The molecule has 0 aliphatic rings. The fourth-order valence-corrected chi connectivity index (χ4v) is 7.80. The Morgan fingerprint density at radius 2 is 0.941 bits per heavy atom. The minimum atomic E-state index is 0.172. The Kier molecular flexibility index (Phi) is 7.56. The fraction of sp³-hybridized carbons (Fsp3) is 0. The first kappa shape index (κ1) is 31.7. The van der Waals surface area contributed by atoms with Crippen LogP contribution in [0.3, 0.4) is 0 Å². The zero-order chi connectivity index (χ0) is 35.0. The molecule has 0 atom stereocenters. The summed E-state index contributed by atoms with van der Waals surface area (Å²) < 4.78 is 6.61. The van der Waals surface area contributed by atoms with Crippen LogP contribution >= 0.6 is 11.6 Å².